The number of ether oxygens (including phenoxy) is 1. The third kappa shape index (κ3) is 2.14. The van der Waals surface area contributed by atoms with Crippen LogP contribution in [0, 0.1) is 0 Å². The Morgan fingerprint density at radius 1 is 1.61 bits per heavy atom. The maximum absolute atomic E-state index is 11.7. The van der Waals surface area contributed by atoms with Gasteiger partial charge in [-0.25, -0.2) is 9.80 Å². The number of aliphatic hydroxyl groups is 1. The van der Waals surface area contributed by atoms with E-state index in [-0.39, 0.29) is 24.0 Å². The molecule has 18 heavy (non-hydrogen) atoms. The number of hydrazone groups is 1. The smallest absolute Gasteiger partial charge is 0.362 e. The maximum Gasteiger partial charge on any atom is 0.362 e. The van der Waals surface area contributed by atoms with E-state index in [1.54, 1.807) is 6.92 Å². The van der Waals surface area contributed by atoms with E-state index < -0.39 is 11.7 Å². The molecule has 0 amide bonds. The van der Waals surface area contributed by atoms with Crippen molar-refractivity contribution in [3.63, 3.8) is 0 Å². The van der Waals surface area contributed by atoms with Gasteiger partial charge in [0, 0.05) is 12.6 Å². The monoisotopic (exact) mass is 270 g/mol. The standard InChI is InChI=1S/C10H11ClN4O3/c1-2-18-9(16)10(17)5-6-12-15(10)8-4-3-7(11)13-14-8/h3-4,6,17H,2,5H2,1H3. The number of aromatic nitrogens is 2. The number of carbonyl (C=O) groups excluding carboxylic acids is 1. The van der Waals surface area contributed by atoms with Gasteiger partial charge in [-0.3, -0.25) is 0 Å². The highest BCUT2D eigenvalue weighted by atomic mass is 35.5. The van der Waals surface area contributed by atoms with Crippen molar-refractivity contribution in [2.45, 2.75) is 19.1 Å². The molecule has 1 aromatic heterocycles. The molecule has 2 rings (SSSR count). The number of hydrogen-bond acceptors (Lipinski definition) is 7. The third-order valence-corrected chi connectivity index (χ3v) is 2.56. The van der Waals surface area contributed by atoms with Crippen LogP contribution in [-0.2, 0) is 9.53 Å². The summed E-state index contributed by atoms with van der Waals surface area (Å²) in [6.07, 6.45) is 1.43. The van der Waals surface area contributed by atoms with Gasteiger partial charge in [-0.05, 0) is 19.1 Å². The van der Waals surface area contributed by atoms with Crippen molar-refractivity contribution >= 4 is 29.6 Å². The second kappa shape index (κ2) is 4.87. The van der Waals surface area contributed by atoms with Crippen LogP contribution in [-0.4, -0.2) is 39.8 Å². The van der Waals surface area contributed by atoms with Crippen molar-refractivity contribution in [2.75, 3.05) is 11.6 Å². The minimum atomic E-state index is -1.88. The van der Waals surface area contributed by atoms with E-state index in [1.807, 2.05) is 0 Å². The van der Waals surface area contributed by atoms with Gasteiger partial charge < -0.3 is 9.84 Å². The second-order valence-electron chi connectivity index (χ2n) is 3.57. The molecule has 2 heterocycles. The predicted molar refractivity (Wildman–Crippen MR) is 64.2 cm³/mol. The molecule has 96 valence electrons. The summed E-state index contributed by atoms with van der Waals surface area (Å²) in [5.74, 6) is -0.567. The van der Waals surface area contributed by atoms with Gasteiger partial charge >= 0.3 is 5.97 Å². The largest absolute Gasteiger partial charge is 0.462 e. The quantitative estimate of drug-likeness (QED) is 0.808. The van der Waals surface area contributed by atoms with Gasteiger partial charge in [0.05, 0.1) is 6.61 Å². The van der Waals surface area contributed by atoms with Crippen LogP contribution in [0.3, 0.4) is 0 Å². The van der Waals surface area contributed by atoms with Crippen molar-refractivity contribution in [1.29, 1.82) is 0 Å². The summed E-state index contributed by atoms with van der Waals surface area (Å²) in [5, 5.41) is 22.9. The highest BCUT2D eigenvalue weighted by molar-refractivity contribution is 6.29. The van der Waals surface area contributed by atoms with Gasteiger partial charge in [-0.15, -0.1) is 10.2 Å². The minimum Gasteiger partial charge on any atom is -0.462 e. The fourth-order valence-electron chi connectivity index (χ4n) is 1.52. The molecule has 0 saturated carbocycles. The van der Waals surface area contributed by atoms with Crippen LogP contribution in [0.5, 0.6) is 0 Å². The molecule has 1 atom stereocenters. The number of esters is 1. The Balaban J connectivity index is 2.28. The lowest BCUT2D eigenvalue weighted by Crippen LogP contribution is -2.51. The van der Waals surface area contributed by atoms with Crippen molar-refractivity contribution in [1.82, 2.24) is 10.2 Å². The highest BCUT2D eigenvalue weighted by Crippen LogP contribution is 2.28. The third-order valence-electron chi connectivity index (χ3n) is 2.36. The zero-order valence-electron chi connectivity index (χ0n) is 9.58. The first-order chi connectivity index (χ1) is 8.58. The van der Waals surface area contributed by atoms with Crippen molar-refractivity contribution < 1.29 is 14.6 Å². The van der Waals surface area contributed by atoms with Gasteiger partial charge in [-0.1, -0.05) is 11.6 Å². The van der Waals surface area contributed by atoms with Gasteiger partial charge in [0.15, 0.2) is 11.0 Å². The number of carbonyl (C=O) groups is 1. The van der Waals surface area contributed by atoms with E-state index in [0.717, 1.165) is 5.01 Å². The van der Waals surface area contributed by atoms with E-state index in [2.05, 4.69) is 15.3 Å². The molecule has 0 radical (unpaired) electrons. The Kier molecular flexibility index (Phi) is 3.44. The zero-order chi connectivity index (χ0) is 13.2. The lowest BCUT2D eigenvalue weighted by atomic mass is 10.1. The average Bonchev–Trinajstić information content (AvgIpc) is 2.74. The number of anilines is 1. The Bertz CT molecular complexity index is 479. The molecule has 0 spiro atoms. The van der Waals surface area contributed by atoms with Gasteiger partial charge in [0.25, 0.3) is 5.72 Å². The maximum atomic E-state index is 11.7. The molecule has 1 aromatic rings. The summed E-state index contributed by atoms with van der Waals surface area (Å²) in [5.41, 5.74) is -1.88. The summed E-state index contributed by atoms with van der Waals surface area (Å²) >= 11 is 5.62. The van der Waals surface area contributed by atoms with Gasteiger partial charge in [0.2, 0.25) is 0 Å². The lowest BCUT2D eigenvalue weighted by molar-refractivity contribution is -0.163. The Morgan fingerprint density at radius 3 is 3.00 bits per heavy atom. The number of nitrogens with zero attached hydrogens (tertiary/aromatic N) is 4. The first-order valence-corrected chi connectivity index (χ1v) is 5.67. The van der Waals surface area contributed by atoms with Crippen LogP contribution < -0.4 is 5.01 Å². The highest BCUT2D eigenvalue weighted by Gasteiger charge is 2.47. The van der Waals surface area contributed by atoms with E-state index in [0.29, 0.717) is 0 Å². The Hall–Kier alpha value is -1.73. The van der Waals surface area contributed by atoms with Crippen LogP contribution in [0.4, 0.5) is 5.82 Å². The molecular formula is C10H11ClN4O3. The molecule has 1 unspecified atom stereocenters. The van der Waals surface area contributed by atoms with Crippen LogP contribution in [0.15, 0.2) is 17.2 Å². The predicted octanol–water partition coefficient (Wildman–Crippen LogP) is 0.578. The van der Waals surface area contributed by atoms with Crippen molar-refractivity contribution in [3.8, 4) is 0 Å². The molecule has 7 nitrogen and oxygen atoms in total. The lowest BCUT2D eigenvalue weighted by Gasteiger charge is -2.28. The van der Waals surface area contributed by atoms with E-state index in [1.165, 1.54) is 18.3 Å². The minimum absolute atomic E-state index is 0.0239. The first kappa shape index (κ1) is 12.7. The molecule has 1 aliphatic heterocycles. The van der Waals surface area contributed by atoms with Crippen LogP contribution in [0.1, 0.15) is 13.3 Å². The Morgan fingerprint density at radius 2 is 2.39 bits per heavy atom. The summed E-state index contributed by atoms with van der Waals surface area (Å²) in [6.45, 7) is 1.82. The molecular weight excluding hydrogens is 260 g/mol. The second-order valence-corrected chi connectivity index (χ2v) is 3.95. The summed E-state index contributed by atoms with van der Waals surface area (Å²) in [7, 11) is 0. The normalized spacial score (nSPS) is 22.3. The van der Waals surface area contributed by atoms with Crippen LogP contribution >= 0.6 is 11.6 Å². The Labute approximate surface area is 108 Å². The molecule has 0 fully saturated rings. The van der Waals surface area contributed by atoms with Gasteiger partial charge in [-0.2, -0.15) is 5.10 Å². The van der Waals surface area contributed by atoms with Crippen LogP contribution in [0.2, 0.25) is 5.15 Å². The molecule has 0 saturated heterocycles. The SMILES string of the molecule is CCOC(=O)C1(O)CC=NN1c1ccc(Cl)nn1. The molecule has 1 N–H and O–H groups in total. The first-order valence-electron chi connectivity index (χ1n) is 5.29. The zero-order valence-corrected chi connectivity index (χ0v) is 10.3. The van der Waals surface area contributed by atoms with E-state index in [4.69, 9.17) is 16.3 Å². The number of halogens is 1. The van der Waals surface area contributed by atoms with Crippen LogP contribution in [0.25, 0.3) is 0 Å². The summed E-state index contributed by atoms with van der Waals surface area (Å²) < 4.78 is 4.82. The number of rotatable bonds is 3. The fourth-order valence-corrected chi connectivity index (χ4v) is 1.62. The molecule has 0 bridgehead atoms. The van der Waals surface area contributed by atoms with Gasteiger partial charge in [0.1, 0.15) is 0 Å². The van der Waals surface area contributed by atoms with E-state index in [9.17, 15) is 9.90 Å². The topological polar surface area (TPSA) is 87.9 Å². The molecule has 0 aliphatic carbocycles. The summed E-state index contributed by atoms with van der Waals surface area (Å²) in [6, 6.07) is 2.99. The average molecular weight is 271 g/mol. The molecule has 8 heteroatoms. The fraction of sp³-hybridized carbons (Fsp3) is 0.400. The van der Waals surface area contributed by atoms with Crippen molar-refractivity contribution in [3.05, 3.63) is 17.3 Å². The number of hydrogen-bond donors (Lipinski definition) is 1. The summed E-state index contributed by atoms with van der Waals surface area (Å²) in [4.78, 5) is 11.7. The molecule has 0 aromatic carbocycles. The van der Waals surface area contributed by atoms with Crippen molar-refractivity contribution in [2.24, 2.45) is 5.10 Å². The van der Waals surface area contributed by atoms with E-state index >= 15 is 0 Å². The molecule has 1 aliphatic rings.